The number of hydrogen-bond donors (Lipinski definition) is 1. The molecule has 1 heterocycles. The van der Waals surface area contributed by atoms with Crippen LogP contribution in [0, 0.1) is 18.6 Å². The van der Waals surface area contributed by atoms with Crippen molar-refractivity contribution in [1.82, 2.24) is 9.55 Å². The molecule has 6 heteroatoms. The van der Waals surface area contributed by atoms with Crippen LogP contribution in [0.4, 0.5) is 8.78 Å². The van der Waals surface area contributed by atoms with E-state index in [-0.39, 0.29) is 6.54 Å². The van der Waals surface area contributed by atoms with Gasteiger partial charge in [0.05, 0.1) is 0 Å². The van der Waals surface area contributed by atoms with Crippen molar-refractivity contribution in [3.63, 3.8) is 0 Å². The third-order valence-electron chi connectivity index (χ3n) is 2.75. The average molecular weight is 265 g/mol. The third kappa shape index (κ3) is 3.03. The fraction of sp³-hybridized carbons (Fsp3) is 0.231. The zero-order chi connectivity index (χ0) is 14.0. The molecule has 0 aliphatic heterocycles. The predicted molar refractivity (Wildman–Crippen MR) is 66.5 cm³/mol. The van der Waals surface area contributed by atoms with Crippen LogP contribution in [0.3, 0.4) is 0 Å². The van der Waals surface area contributed by atoms with Crippen LogP contribution in [0.5, 0.6) is 0 Å². The Balaban J connectivity index is 2.25. The van der Waals surface area contributed by atoms with Crippen molar-refractivity contribution in [2.45, 2.75) is 19.5 Å². The highest BCUT2D eigenvalue weighted by Crippen LogP contribution is 2.15. The van der Waals surface area contributed by atoms with Gasteiger partial charge in [-0.25, -0.2) is 18.6 Å². The molecule has 1 aromatic heterocycles. The summed E-state index contributed by atoms with van der Waals surface area (Å²) < 4.78 is 27.3. The maximum atomic E-state index is 13.1. The molecule has 1 unspecified atom stereocenters. The van der Waals surface area contributed by atoms with Gasteiger partial charge in [-0.3, -0.25) is 4.57 Å². The minimum Gasteiger partial charge on any atom is -0.322 e. The van der Waals surface area contributed by atoms with Gasteiger partial charge in [0.15, 0.2) is 11.6 Å². The Morgan fingerprint density at radius 2 is 2.11 bits per heavy atom. The molecule has 0 fully saturated rings. The molecule has 0 saturated heterocycles. The van der Waals surface area contributed by atoms with Crippen molar-refractivity contribution in [2.75, 3.05) is 0 Å². The molecule has 4 nitrogen and oxygen atoms in total. The van der Waals surface area contributed by atoms with Gasteiger partial charge in [-0.1, -0.05) is 6.07 Å². The van der Waals surface area contributed by atoms with E-state index in [0.29, 0.717) is 5.56 Å². The molecule has 2 aromatic rings. The summed E-state index contributed by atoms with van der Waals surface area (Å²) in [6.07, 6.45) is 3.08. The second kappa shape index (κ2) is 5.27. The first-order chi connectivity index (χ1) is 8.97. The second-order valence-corrected chi connectivity index (χ2v) is 4.35. The zero-order valence-corrected chi connectivity index (χ0v) is 10.3. The lowest BCUT2D eigenvalue weighted by Gasteiger charge is -2.14. The van der Waals surface area contributed by atoms with E-state index in [2.05, 4.69) is 4.98 Å². The summed E-state index contributed by atoms with van der Waals surface area (Å²) in [7, 11) is 0. The van der Waals surface area contributed by atoms with Gasteiger partial charge < -0.3 is 5.73 Å². The van der Waals surface area contributed by atoms with Gasteiger partial charge in [0.2, 0.25) is 0 Å². The van der Waals surface area contributed by atoms with E-state index in [9.17, 15) is 13.6 Å². The maximum Gasteiger partial charge on any atom is 0.347 e. The normalized spacial score (nSPS) is 12.4. The number of nitrogens with zero attached hydrogens (tertiary/aromatic N) is 2. The minimum atomic E-state index is -0.956. The van der Waals surface area contributed by atoms with Gasteiger partial charge in [0.25, 0.3) is 0 Å². The fourth-order valence-corrected chi connectivity index (χ4v) is 1.76. The Morgan fingerprint density at radius 1 is 1.37 bits per heavy atom. The number of hydrogen-bond acceptors (Lipinski definition) is 3. The molecule has 2 N–H and O–H groups in total. The van der Waals surface area contributed by atoms with Gasteiger partial charge in [-0.2, -0.15) is 0 Å². The molecular weight excluding hydrogens is 252 g/mol. The first kappa shape index (κ1) is 13.4. The summed E-state index contributed by atoms with van der Waals surface area (Å²) in [6, 6.07) is 2.84. The van der Waals surface area contributed by atoms with Crippen molar-refractivity contribution in [3.05, 3.63) is 63.8 Å². The minimum absolute atomic E-state index is 0.151. The van der Waals surface area contributed by atoms with Crippen molar-refractivity contribution in [3.8, 4) is 0 Å². The number of benzene rings is 1. The zero-order valence-electron chi connectivity index (χ0n) is 10.3. The van der Waals surface area contributed by atoms with E-state index >= 15 is 0 Å². The molecule has 0 bridgehead atoms. The van der Waals surface area contributed by atoms with Crippen LogP contribution in [0.25, 0.3) is 0 Å². The van der Waals surface area contributed by atoms with Crippen LogP contribution in [0.1, 0.15) is 17.2 Å². The molecule has 2 rings (SSSR count). The van der Waals surface area contributed by atoms with Gasteiger partial charge in [-0.15, -0.1) is 0 Å². The van der Waals surface area contributed by atoms with Gasteiger partial charge >= 0.3 is 5.69 Å². The highest BCUT2D eigenvalue weighted by atomic mass is 19.2. The molecule has 0 radical (unpaired) electrons. The lowest BCUT2D eigenvalue weighted by Crippen LogP contribution is -2.28. The number of aromatic nitrogens is 2. The topological polar surface area (TPSA) is 60.9 Å². The van der Waals surface area contributed by atoms with Gasteiger partial charge in [0, 0.05) is 25.0 Å². The van der Waals surface area contributed by atoms with E-state index in [1.165, 1.54) is 16.8 Å². The van der Waals surface area contributed by atoms with E-state index in [0.717, 1.165) is 17.7 Å². The summed E-state index contributed by atoms with van der Waals surface area (Å²) >= 11 is 0. The lowest BCUT2D eigenvalue weighted by molar-refractivity contribution is 0.499. The smallest absolute Gasteiger partial charge is 0.322 e. The number of nitrogens with two attached hydrogens (primary N) is 1. The molecule has 100 valence electrons. The summed E-state index contributed by atoms with van der Waals surface area (Å²) in [5.41, 5.74) is 6.70. The van der Waals surface area contributed by atoms with Crippen molar-refractivity contribution in [1.29, 1.82) is 0 Å². The Morgan fingerprint density at radius 3 is 2.79 bits per heavy atom. The van der Waals surface area contributed by atoms with E-state index in [4.69, 9.17) is 5.73 Å². The predicted octanol–water partition coefficient (Wildman–Crippen LogP) is 1.53. The summed E-state index contributed by atoms with van der Waals surface area (Å²) in [6.45, 7) is 1.95. The molecule has 0 aliphatic carbocycles. The molecular formula is C13H13F2N3O. The number of halogens is 2. The first-order valence-electron chi connectivity index (χ1n) is 5.71. The first-order valence-corrected chi connectivity index (χ1v) is 5.71. The summed E-state index contributed by atoms with van der Waals surface area (Å²) in [5, 5.41) is 0. The Bertz CT molecular complexity index is 655. The monoisotopic (exact) mass is 265 g/mol. The highest BCUT2D eigenvalue weighted by molar-refractivity contribution is 5.21. The molecule has 1 aromatic carbocycles. The average Bonchev–Trinajstić information content (AvgIpc) is 2.37. The Hall–Kier alpha value is -2.08. The maximum absolute atomic E-state index is 13.1. The molecule has 19 heavy (non-hydrogen) atoms. The van der Waals surface area contributed by atoms with Crippen LogP contribution in [0.2, 0.25) is 0 Å². The van der Waals surface area contributed by atoms with Crippen LogP contribution >= 0.6 is 0 Å². The van der Waals surface area contributed by atoms with Gasteiger partial charge in [-0.05, 0) is 30.2 Å². The molecule has 0 aliphatic rings. The number of aryl methyl sites for hydroxylation is 1. The third-order valence-corrected chi connectivity index (χ3v) is 2.75. The van der Waals surface area contributed by atoms with Crippen LogP contribution in [-0.4, -0.2) is 9.55 Å². The largest absolute Gasteiger partial charge is 0.347 e. The molecule has 1 atom stereocenters. The molecule has 0 spiro atoms. The van der Waals surface area contributed by atoms with Crippen LogP contribution < -0.4 is 11.4 Å². The SMILES string of the molecule is Cc1cnc(=O)n(CC(N)c2ccc(F)c(F)c2)c1. The van der Waals surface area contributed by atoms with E-state index in [1.54, 1.807) is 13.1 Å². The second-order valence-electron chi connectivity index (χ2n) is 4.35. The van der Waals surface area contributed by atoms with Crippen molar-refractivity contribution in [2.24, 2.45) is 5.73 Å². The highest BCUT2D eigenvalue weighted by Gasteiger charge is 2.11. The van der Waals surface area contributed by atoms with Crippen molar-refractivity contribution >= 4 is 0 Å². The fourth-order valence-electron chi connectivity index (χ4n) is 1.76. The quantitative estimate of drug-likeness (QED) is 0.915. The van der Waals surface area contributed by atoms with Crippen LogP contribution in [-0.2, 0) is 6.54 Å². The summed E-state index contributed by atoms with van der Waals surface area (Å²) in [4.78, 5) is 15.2. The lowest BCUT2D eigenvalue weighted by atomic mass is 10.1. The standard InChI is InChI=1S/C13H13F2N3O/c1-8-5-17-13(19)18(6-8)7-12(16)9-2-3-10(14)11(15)4-9/h2-6,12H,7,16H2,1H3. The van der Waals surface area contributed by atoms with Crippen molar-refractivity contribution < 1.29 is 8.78 Å². The Kier molecular flexibility index (Phi) is 3.71. The van der Waals surface area contributed by atoms with E-state index < -0.39 is 23.4 Å². The van der Waals surface area contributed by atoms with E-state index in [1.807, 2.05) is 0 Å². The van der Waals surface area contributed by atoms with Crippen LogP contribution in [0.15, 0.2) is 35.4 Å². The molecule has 0 amide bonds. The number of rotatable bonds is 3. The van der Waals surface area contributed by atoms with Gasteiger partial charge in [0.1, 0.15) is 0 Å². The molecule has 0 saturated carbocycles. The summed E-state index contributed by atoms with van der Waals surface area (Å²) in [5.74, 6) is -1.88. The Labute approximate surface area is 108 Å².